The molecule has 1 atom stereocenters. The average molecular weight is 282 g/mol. The zero-order chi connectivity index (χ0) is 12.5. The van der Waals surface area contributed by atoms with Crippen LogP contribution < -0.4 is 10.6 Å². The van der Waals surface area contributed by atoms with E-state index in [0.717, 1.165) is 26.8 Å². The van der Waals surface area contributed by atoms with Crippen molar-refractivity contribution in [1.82, 2.24) is 10.3 Å². The van der Waals surface area contributed by atoms with Gasteiger partial charge in [-0.2, -0.15) is 0 Å². The molecule has 2 heterocycles. The molecule has 2 N–H and O–H groups in total. The van der Waals surface area contributed by atoms with Crippen molar-refractivity contribution in [3.8, 4) is 0 Å². The zero-order valence-electron chi connectivity index (χ0n) is 9.57. The number of aromatic nitrogens is 1. The minimum atomic E-state index is 0.125. The van der Waals surface area contributed by atoms with Crippen LogP contribution >= 0.6 is 22.9 Å². The first kappa shape index (κ1) is 11.7. The monoisotopic (exact) mass is 281 g/mol. The van der Waals surface area contributed by atoms with Crippen LogP contribution in [-0.2, 0) is 4.79 Å². The summed E-state index contributed by atoms with van der Waals surface area (Å²) >= 11 is 7.67. The summed E-state index contributed by atoms with van der Waals surface area (Å²) in [6.07, 6.45) is 1.42. The Kier molecular flexibility index (Phi) is 3.09. The molecule has 1 unspecified atom stereocenters. The van der Waals surface area contributed by atoms with Crippen LogP contribution in [0.25, 0.3) is 10.2 Å². The number of amides is 1. The topological polar surface area (TPSA) is 54.0 Å². The van der Waals surface area contributed by atoms with Gasteiger partial charge in [-0.1, -0.05) is 29.0 Å². The Balaban J connectivity index is 1.79. The van der Waals surface area contributed by atoms with Crippen molar-refractivity contribution < 1.29 is 4.79 Å². The van der Waals surface area contributed by atoms with E-state index >= 15 is 0 Å². The van der Waals surface area contributed by atoms with Gasteiger partial charge in [0, 0.05) is 19.0 Å². The molecule has 0 saturated carbocycles. The molecule has 1 aromatic heterocycles. The van der Waals surface area contributed by atoms with Crippen LogP contribution in [0.1, 0.15) is 12.8 Å². The minimum absolute atomic E-state index is 0.125. The van der Waals surface area contributed by atoms with Crippen molar-refractivity contribution in [2.45, 2.75) is 18.9 Å². The van der Waals surface area contributed by atoms with Gasteiger partial charge in [0.1, 0.15) is 0 Å². The van der Waals surface area contributed by atoms with Crippen LogP contribution in [0, 0.1) is 0 Å². The van der Waals surface area contributed by atoms with Crippen molar-refractivity contribution in [3.63, 3.8) is 0 Å². The van der Waals surface area contributed by atoms with Gasteiger partial charge in [-0.3, -0.25) is 4.79 Å². The minimum Gasteiger partial charge on any atom is -0.357 e. The van der Waals surface area contributed by atoms with Crippen LogP contribution in [-0.4, -0.2) is 23.5 Å². The highest BCUT2D eigenvalue weighted by Gasteiger charge is 2.19. The Hall–Kier alpha value is -1.33. The summed E-state index contributed by atoms with van der Waals surface area (Å²) in [5, 5.41) is 7.79. The highest BCUT2D eigenvalue weighted by Crippen LogP contribution is 2.32. The molecular weight excluding hydrogens is 270 g/mol. The third-order valence-corrected chi connectivity index (χ3v) is 4.42. The van der Waals surface area contributed by atoms with Crippen LogP contribution in [0.15, 0.2) is 18.2 Å². The number of hydrogen-bond acceptors (Lipinski definition) is 4. The van der Waals surface area contributed by atoms with Gasteiger partial charge in [0.05, 0.1) is 15.2 Å². The second-order valence-electron chi connectivity index (χ2n) is 4.29. The zero-order valence-corrected chi connectivity index (χ0v) is 11.1. The standard InChI is InChI=1S/C12H12ClN3OS/c13-8-2-1-3-9-11(8)18-12(16-9)15-7-4-5-10(17)14-6-7/h1-3,7H,4-6H2,(H,14,17)(H,15,16). The summed E-state index contributed by atoms with van der Waals surface area (Å²) in [4.78, 5) is 15.6. The largest absolute Gasteiger partial charge is 0.357 e. The smallest absolute Gasteiger partial charge is 0.220 e. The van der Waals surface area contributed by atoms with Crippen LogP contribution in [0.3, 0.4) is 0 Å². The van der Waals surface area contributed by atoms with E-state index in [1.807, 2.05) is 18.2 Å². The number of hydrogen-bond donors (Lipinski definition) is 2. The van der Waals surface area contributed by atoms with E-state index in [1.54, 1.807) is 11.3 Å². The Morgan fingerprint density at radius 1 is 1.50 bits per heavy atom. The fraction of sp³-hybridized carbons (Fsp3) is 0.333. The molecule has 1 amide bonds. The number of fused-ring (bicyclic) bond motifs is 1. The molecule has 1 saturated heterocycles. The van der Waals surface area contributed by atoms with E-state index in [4.69, 9.17) is 11.6 Å². The first-order chi connectivity index (χ1) is 8.72. The fourth-order valence-corrected chi connectivity index (χ4v) is 3.24. The average Bonchev–Trinajstić information content (AvgIpc) is 2.76. The Labute approximate surface area is 113 Å². The third-order valence-electron chi connectivity index (χ3n) is 2.96. The molecule has 3 rings (SSSR count). The lowest BCUT2D eigenvalue weighted by molar-refractivity contribution is -0.122. The van der Waals surface area contributed by atoms with Gasteiger partial charge in [0.15, 0.2) is 5.13 Å². The molecule has 0 radical (unpaired) electrons. The molecule has 0 spiro atoms. The molecule has 4 nitrogen and oxygen atoms in total. The highest BCUT2D eigenvalue weighted by molar-refractivity contribution is 7.22. The van der Waals surface area contributed by atoms with E-state index in [9.17, 15) is 4.79 Å². The molecule has 1 aromatic carbocycles. The van der Waals surface area contributed by atoms with Crippen LogP contribution in [0.5, 0.6) is 0 Å². The molecule has 6 heteroatoms. The predicted molar refractivity (Wildman–Crippen MR) is 74.3 cm³/mol. The van der Waals surface area contributed by atoms with Crippen molar-refractivity contribution in [2.24, 2.45) is 0 Å². The maximum absolute atomic E-state index is 11.1. The summed E-state index contributed by atoms with van der Waals surface area (Å²) in [5.74, 6) is 0.125. The molecular formula is C12H12ClN3OS. The van der Waals surface area contributed by atoms with Crippen molar-refractivity contribution in [3.05, 3.63) is 23.2 Å². The van der Waals surface area contributed by atoms with E-state index in [0.29, 0.717) is 13.0 Å². The Morgan fingerprint density at radius 2 is 2.39 bits per heavy atom. The Morgan fingerprint density at radius 3 is 3.11 bits per heavy atom. The molecule has 2 aromatic rings. The lowest BCUT2D eigenvalue weighted by Crippen LogP contribution is -2.41. The van der Waals surface area contributed by atoms with Gasteiger partial charge < -0.3 is 10.6 Å². The van der Waals surface area contributed by atoms with Crippen LogP contribution in [0.4, 0.5) is 5.13 Å². The van der Waals surface area contributed by atoms with Crippen molar-refractivity contribution >= 4 is 44.2 Å². The summed E-state index contributed by atoms with van der Waals surface area (Å²) in [5.41, 5.74) is 0.912. The van der Waals surface area contributed by atoms with Gasteiger partial charge in [0.25, 0.3) is 0 Å². The number of rotatable bonds is 2. The van der Waals surface area contributed by atoms with Gasteiger partial charge in [0.2, 0.25) is 5.91 Å². The number of carbonyl (C=O) groups is 1. The lowest BCUT2D eigenvalue weighted by Gasteiger charge is -2.22. The van der Waals surface area contributed by atoms with Gasteiger partial charge in [-0.15, -0.1) is 0 Å². The summed E-state index contributed by atoms with van der Waals surface area (Å²) in [6.45, 7) is 0.655. The molecule has 1 aliphatic heterocycles. The van der Waals surface area contributed by atoms with E-state index < -0.39 is 0 Å². The quantitative estimate of drug-likeness (QED) is 0.890. The maximum atomic E-state index is 11.1. The number of nitrogens with one attached hydrogen (secondary N) is 2. The molecule has 0 bridgehead atoms. The lowest BCUT2D eigenvalue weighted by atomic mass is 10.1. The fourth-order valence-electron chi connectivity index (χ4n) is 2.01. The molecule has 1 aliphatic rings. The normalized spacial score (nSPS) is 19.8. The number of carbonyl (C=O) groups excluding carboxylic acids is 1. The molecule has 0 aliphatic carbocycles. The van der Waals surface area contributed by atoms with Gasteiger partial charge in [-0.25, -0.2) is 4.98 Å². The van der Waals surface area contributed by atoms with Crippen molar-refractivity contribution in [2.75, 3.05) is 11.9 Å². The number of thiazole rings is 1. The number of benzene rings is 1. The van der Waals surface area contributed by atoms with E-state index in [1.165, 1.54) is 0 Å². The number of piperidine rings is 1. The SMILES string of the molecule is O=C1CCC(Nc2nc3cccc(Cl)c3s2)CN1. The second kappa shape index (κ2) is 4.74. The Bertz CT molecular complexity index is 588. The first-order valence-corrected chi connectivity index (χ1v) is 7.00. The summed E-state index contributed by atoms with van der Waals surface area (Å²) in [7, 11) is 0. The summed E-state index contributed by atoms with van der Waals surface area (Å²) < 4.78 is 1.00. The summed E-state index contributed by atoms with van der Waals surface area (Å²) in [6, 6.07) is 5.97. The molecule has 18 heavy (non-hydrogen) atoms. The van der Waals surface area contributed by atoms with E-state index in [2.05, 4.69) is 15.6 Å². The maximum Gasteiger partial charge on any atom is 0.220 e. The molecule has 1 fully saturated rings. The van der Waals surface area contributed by atoms with E-state index in [-0.39, 0.29) is 11.9 Å². The predicted octanol–water partition coefficient (Wildman–Crippen LogP) is 2.64. The van der Waals surface area contributed by atoms with Gasteiger partial charge >= 0.3 is 0 Å². The first-order valence-electron chi connectivity index (χ1n) is 5.80. The van der Waals surface area contributed by atoms with Crippen molar-refractivity contribution in [1.29, 1.82) is 0 Å². The van der Waals surface area contributed by atoms with Gasteiger partial charge in [-0.05, 0) is 18.6 Å². The molecule has 94 valence electrons. The second-order valence-corrected chi connectivity index (χ2v) is 5.70. The number of anilines is 1. The third kappa shape index (κ3) is 2.28. The van der Waals surface area contributed by atoms with Crippen LogP contribution in [0.2, 0.25) is 5.02 Å². The number of nitrogens with zero attached hydrogens (tertiary/aromatic N) is 1. The highest BCUT2D eigenvalue weighted by atomic mass is 35.5. The number of halogens is 1.